The van der Waals surface area contributed by atoms with E-state index in [9.17, 15) is 0 Å². The molecule has 1 N–H and O–H groups in total. The van der Waals surface area contributed by atoms with Crippen molar-refractivity contribution < 1.29 is 4.42 Å². The number of aryl methyl sites for hydroxylation is 2. The van der Waals surface area contributed by atoms with Crippen molar-refractivity contribution in [1.82, 2.24) is 15.1 Å². The summed E-state index contributed by atoms with van der Waals surface area (Å²) in [6.45, 7) is 5.11. The number of nitrogens with zero attached hydrogens (tertiary/aromatic N) is 2. The zero-order valence-corrected chi connectivity index (χ0v) is 12.4. The SMILES string of the molecule is CCCNC(c1ccc(CC)o1)c1c(Cl)cnn1C. The van der Waals surface area contributed by atoms with Gasteiger partial charge < -0.3 is 9.73 Å². The molecule has 0 bridgehead atoms. The zero-order valence-electron chi connectivity index (χ0n) is 11.6. The van der Waals surface area contributed by atoms with Gasteiger partial charge in [0.15, 0.2) is 0 Å². The maximum absolute atomic E-state index is 6.24. The average molecular weight is 282 g/mol. The lowest BCUT2D eigenvalue weighted by Gasteiger charge is -2.17. The van der Waals surface area contributed by atoms with Crippen molar-refractivity contribution in [3.63, 3.8) is 0 Å². The van der Waals surface area contributed by atoms with Crippen LogP contribution < -0.4 is 5.32 Å². The Morgan fingerprint density at radius 1 is 1.42 bits per heavy atom. The topological polar surface area (TPSA) is 43.0 Å². The van der Waals surface area contributed by atoms with Gasteiger partial charge in [-0.3, -0.25) is 4.68 Å². The first-order chi connectivity index (χ1) is 9.17. The molecule has 2 rings (SSSR count). The van der Waals surface area contributed by atoms with Crippen LogP contribution in [0.2, 0.25) is 5.02 Å². The fourth-order valence-electron chi connectivity index (χ4n) is 2.11. The van der Waals surface area contributed by atoms with Gasteiger partial charge in [0, 0.05) is 13.5 Å². The van der Waals surface area contributed by atoms with Crippen LogP contribution in [0.5, 0.6) is 0 Å². The van der Waals surface area contributed by atoms with E-state index in [0.29, 0.717) is 5.02 Å². The third-order valence-corrected chi connectivity index (χ3v) is 3.42. The summed E-state index contributed by atoms with van der Waals surface area (Å²) in [4.78, 5) is 0. The normalized spacial score (nSPS) is 12.8. The van der Waals surface area contributed by atoms with Crippen molar-refractivity contribution in [1.29, 1.82) is 0 Å². The van der Waals surface area contributed by atoms with Gasteiger partial charge in [0.1, 0.15) is 17.6 Å². The molecule has 4 nitrogen and oxygen atoms in total. The van der Waals surface area contributed by atoms with Crippen LogP contribution in [0, 0.1) is 0 Å². The molecule has 0 radical (unpaired) electrons. The number of nitrogens with one attached hydrogen (secondary N) is 1. The molecular formula is C14H20ClN3O. The van der Waals surface area contributed by atoms with Crippen molar-refractivity contribution >= 4 is 11.6 Å². The third kappa shape index (κ3) is 3.01. The average Bonchev–Trinajstić information content (AvgIpc) is 3.00. The molecule has 0 amide bonds. The molecule has 0 saturated heterocycles. The first-order valence-electron chi connectivity index (χ1n) is 6.66. The highest BCUT2D eigenvalue weighted by atomic mass is 35.5. The highest BCUT2D eigenvalue weighted by molar-refractivity contribution is 6.31. The van der Waals surface area contributed by atoms with Gasteiger partial charge in [0.25, 0.3) is 0 Å². The molecule has 0 aromatic carbocycles. The van der Waals surface area contributed by atoms with Gasteiger partial charge in [-0.1, -0.05) is 25.4 Å². The van der Waals surface area contributed by atoms with Crippen molar-refractivity contribution in [3.05, 3.63) is 40.6 Å². The fraction of sp³-hybridized carbons (Fsp3) is 0.500. The van der Waals surface area contributed by atoms with Gasteiger partial charge >= 0.3 is 0 Å². The van der Waals surface area contributed by atoms with Crippen molar-refractivity contribution in [2.45, 2.75) is 32.7 Å². The van der Waals surface area contributed by atoms with Crippen molar-refractivity contribution in [2.24, 2.45) is 7.05 Å². The molecule has 104 valence electrons. The summed E-state index contributed by atoms with van der Waals surface area (Å²) in [5, 5.41) is 8.33. The number of aromatic nitrogens is 2. The van der Waals surface area contributed by atoms with E-state index in [1.807, 2.05) is 19.2 Å². The monoisotopic (exact) mass is 281 g/mol. The summed E-state index contributed by atoms with van der Waals surface area (Å²) in [5.41, 5.74) is 0.937. The van der Waals surface area contributed by atoms with Crippen LogP contribution in [0.15, 0.2) is 22.7 Å². The molecule has 0 aliphatic carbocycles. The molecule has 1 atom stereocenters. The zero-order chi connectivity index (χ0) is 13.8. The molecule has 2 aromatic rings. The van der Waals surface area contributed by atoms with E-state index in [1.54, 1.807) is 10.9 Å². The predicted octanol–water partition coefficient (Wildman–Crippen LogP) is 3.32. The summed E-state index contributed by atoms with van der Waals surface area (Å²) in [7, 11) is 1.89. The molecule has 2 aromatic heterocycles. The van der Waals surface area contributed by atoms with Gasteiger partial charge in [-0.05, 0) is 25.1 Å². The maximum Gasteiger partial charge on any atom is 0.127 e. The Morgan fingerprint density at radius 2 is 2.21 bits per heavy atom. The van der Waals surface area contributed by atoms with Gasteiger partial charge in [0.2, 0.25) is 0 Å². The van der Waals surface area contributed by atoms with Gasteiger partial charge in [-0.25, -0.2) is 0 Å². The quantitative estimate of drug-likeness (QED) is 0.883. The highest BCUT2D eigenvalue weighted by Gasteiger charge is 2.23. The Morgan fingerprint density at radius 3 is 2.74 bits per heavy atom. The van der Waals surface area contributed by atoms with Crippen LogP contribution in [0.3, 0.4) is 0 Å². The molecule has 0 spiro atoms. The lowest BCUT2D eigenvalue weighted by molar-refractivity contribution is 0.411. The van der Waals surface area contributed by atoms with Gasteiger partial charge in [-0.2, -0.15) is 5.10 Å². The fourth-order valence-corrected chi connectivity index (χ4v) is 2.38. The number of hydrogen-bond donors (Lipinski definition) is 1. The number of rotatable bonds is 6. The Labute approximate surface area is 118 Å². The molecule has 0 aliphatic rings. The van der Waals surface area contributed by atoms with Gasteiger partial charge in [-0.15, -0.1) is 0 Å². The van der Waals surface area contributed by atoms with E-state index < -0.39 is 0 Å². The maximum atomic E-state index is 6.24. The minimum atomic E-state index is -0.0553. The lowest BCUT2D eigenvalue weighted by Crippen LogP contribution is -2.25. The second-order valence-electron chi connectivity index (χ2n) is 4.55. The molecule has 0 fully saturated rings. The second kappa shape index (κ2) is 6.26. The van der Waals surface area contributed by atoms with Crippen LogP contribution in [0.1, 0.15) is 43.5 Å². The number of furan rings is 1. The van der Waals surface area contributed by atoms with Crippen molar-refractivity contribution in [3.8, 4) is 0 Å². The Bertz CT molecular complexity index is 513. The lowest BCUT2D eigenvalue weighted by atomic mass is 10.1. The largest absolute Gasteiger partial charge is 0.464 e. The summed E-state index contributed by atoms with van der Waals surface area (Å²) in [5.74, 6) is 1.87. The Kier molecular flexibility index (Phi) is 4.66. The van der Waals surface area contributed by atoms with Gasteiger partial charge in [0.05, 0.1) is 16.9 Å². The summed E-state index contributed by atoms with van der Waals surface area (Å²) in [6.07, 6.45) is 3.61. The van der Waals surface area contributed by atoms with Crippen molar-refractivity contribution in [2.75, 3.05) is 6.54 Å². The summed E-state index contributed by atoms with van der Waals surface area (Å²) < 4.78 is 7.66. The highest BCUT2D eigenvalue weighted by Crippen LogP contribution is 2.29. The minimum absolute atomic E-state index is 0.0553. The summed E-state index contributed by atoms with van der Waals surface area (Å²) in [6, 6.07) is 3.97. The van der Waals surface area contributed by atoms with E-state index in [4.69, 9.17) is 16.0 Å². The molecule has 19 heavy (non-hydrogen) atoms. The van der Waals surface area contributed by atoms with Crippen LogP contribution in [-0.4, -0.2) is 16.3 Å². The molecule has 2 heterocycles. The standard InChI is InChI=1S/C14H20ClN3O/c1-4-8-16-13(12-7-6-10(5-2)19-12)14-11(15)9-17-18(14)3/h6-7,9,13,16H,4-5,8H2,1-3H3. The number of halogens is 1. The molecule has 0 aliphatic heterocycles. The molecule has 0 saturated carbocycles. The molecule has 1 unspecified atom stereocenters. The van der Waals surface area contributed by atoms with E-state index >= 15 is 0 Å². The Balaban J connectivity index is 2.35. The van der Waals surface area contributed by atoms with E-state index in [-0.39, 0.29) is 6.04 Å². The Hall–Kier alpha value is -1.26. The third-order valence-electron chi connectivity index (χ3n) is 3.12. The van der Waals surface area contributed by atoms with Crippen LogP contribution >= 0.6 is 11.6 Å². The van der Waals surface area contributed by atoms with Crippen LogP contribution in [0.25, 0.3) is 0 Å². The smallest absolute Gasteiger partial charge is 0.127 e. The first-order valence-corrected chi connectivity index (χ1v) is 7.04. The predicted molar refractivity (Wildman–Crippen MR) is 76.4 cm³/mol. The second-order valence-corrected chi connectivity index (χ2v) is 4.95. The van der Waals surface area contributed by atoms with E-state index in [2.05, 4.69) is 24.3 Å². The van der Waals surface area contributed by atoms with E-state index in [1.165, 1.54) is 0 Å². The molecule has 5 heteroatoms. The summed E-state index contributed by atoms with van der Waals surface area (Å²) >= 11 is 6.24. The number of hydrogen-bond acceptors (Lipinski definition) is 3. The minimum Gasteiger partial charge on any atom is -0.464 e. The molecular weight excluding hydrogens is 262 g/mol. The van der Waals surface area contributed by atoms with E-state index in [0.717, 1.165) is 36.6 Å². The first kappa shape index (κ1) is 14.2. The van der Waals surface area contributed by atoms with Crippen LogP contribution in [0.4, 0.5) is 0 Å². The van der Waals surface area contributed by atoms with Crippen LogP contribution in [-0.2, 0) is 13.5 Å².